The summed E-state index contributed by atoms with van der Waals surface area (Å²) in [6, 6.07) is 14.3. The fraction of sp³-hybridized carbons (Fsp3) is 0.440. The maximum atomic E-state index is 13.0. The van der Waals surface area contributed by atoms with Gasteiger partial charge in [-0.1, -0.05) is 24.3 Å². The number of hydrogen-bond acceptors (Lipinski definition) is 5. The zero-order valence-electron chi connectivity index (χ0n) is 18.9. The Kier molecular flexibility index (Phi) is 7.57. The fourth-order valence-electron chi connectivity index (χ4n) is 4.59. The maximum Gasteiger partial charge on any atom is 0.237 e. The minimum Gasteiger partial charge on any atom is -0.497 e. The molecule has 2 aromatic rings. The van der Waals surface area contributed by atoms with E-state index in [4.69, 9.17) is 4.74 Å². The topological polar surface area (TPSA) is 82.7 Å². The Morgan fingerprint density at radius 1 is 1.12 bits per heavy atom. The lowest BCUT2D eigenvalue weighted by molar-refractivity contribution is -0.129. The second-order valence-electron chi connectivity index (χ2n) is 8.72. The monoisotopic (exact) mass is 454 g/mol. The van der Waals surface area contributed by atoms with Gasteiger partial charge in [0.2, 0.25) is 11.8 Å². The molecule has 4 rings (SSSR count). The minimum atomic E-state index is -0.290. The van der Waals surface area contributed by atoms with Crippen molar-refractivity contribution in [1.29, 1.82) is 0 Å². The highest BCUT2D eigenvalue weighted by Crippen LogP contribution is 2.26. The third-order valence-electron chi connectivity index (χ3n) is 6.48. The first-order chi connectivity index (χ1) is 16.0. The molecule has 0 bridgehead atoms. The molecule has 2 aliphatic heterocycles. The molecular formula is C25H31FN4O3. The molecule has 2 saturated heterocycles. The Bertz CT molecular complexity index is 951. The van der Waals surface area contributed by atoms with Gasteiger partial charge in [0.15, 0.2) is 0 Å². The van der Waals surface area contributed by atoms with Crippen molar-refractivity contribution in [2.24, 2.45) is 0 Å². The molecule has 0 radical (unpaired) electrons. The number of piperazine rings is 1. The van der Waals surface area contributed by atoms with Gasteiger partial charge < -0.3 is 20.7 Å². The number of rotatable bonds is 9. The van der Waals surface area contributed by atoms with Gasteiger partial charge in [-0.2, -0.15) is 0 Å². The molecule has 2 fully saturated rings. The molecule has 3 unspecified atom stereocenters. The number of ether oxygens (including phenoxy) is 1. The Balaban J connectivity index is 1.25. The van der Waals surface area contributed by atoms with Crippen LogP contribution in [0.25, 0.3) is 0 Å². The number of amides is 2. The first-order valence-electron chi connectivity index (χ1n) is 11.4. The van der Waals surface area contributed by atoms with Crippen molar-refractivity contribution in [2.75, 3.05) is 20.2 Å². The van der Waals surface area contributed by atoms with Crippen molar-refractivity contribution in [2.45, 2.75) is 50.5 Å². The predicted molar refractivity (Wildman–Crippen MR) is 123 cm³/mol. The van der Waals surface area contributed by atoms with Crippen LogP contribution < -0.4 is 20.7 Å². The van der Waals surface area contributed by atoms with Crippen LogP contribution >= 0.6 is 0 Å². The zero-order valence-corrected chi connectivity index (χ0v) is 18.9. The number of halogens is 1. The number of hydrogen-bond donors (Lipinski definition) is 3. The number of benzene rings is 2. The molecular weight excluding hydrogens is 423 g/mol. The molecule has 0 saturated carbocycles. The van der Waals surface area contributed by atoms with E-state index in [0.29, 0.717) is 25.9 Å². The van der Waals surface area contributed by atoms with Crippen LogP contribution in [0.1, 0.15) is 30.4 Å². The maximum absolute atomic E-state index is 13.0. The first kappa shape index (κ1) is 23.2. The number of nitrogens with zero attached hydrogens (tertiary/aromatic N) is 1. The quantitative estimate of drug-likeness (QED) is 0.540. The van der Waals surface area contributed by atoms with Crippen molar-refractivity contribution in [3.05, 3.63) is 65.5 Å². The summed E-state index contributed by atoms with van der Waals surface area (Å²) >= 11 is 0. The average molecular weight is 455 g/mol. The molecule has 2 aliphatic rings. The third-order valence-corrected chi connectivity index (χ3v) is 6.48. The molecule has 3 N–H and O–H groups in total. The van der Waals surface area contributed by atoms with Crippen molar-refractivity contribution < 1.29 is 18.7 Å². The average Bonchev–Trinajstić information content (AvgIpc) is 3.28. The van der Waals surface area contributed by atoms with Crippen LogP contribution in [0.2, 0.25) is 0 Å². The van der Waals surface area contributed by atoms with Crippen molar-refractivity contribution in [3.63, 3.8) is 0 Å². The molecule has 33 heavy (non-hydrogen) atoms. The highest BCUT2D eigenvalue weighted by molar-refractivity contribution is 5.83. The van der Waals surface area contributed by atoms with Crippen LogP contribution in [0.5, 0.6) is 5.75 Å². The minimum absolute atomic E-state index is 0.0406. The Morgan fingerprint density at radius 2 is 1.82 bits per heavy atom. The normalized spacial score (nSPS) is 22.5. The van der Waals surface area contributed by atoms with Gasteiger partial charge >= 0.3 is 0 Å². The summed E-state index contributed by atoms with van der Waals surface area (Å²) in [4.78, 5) is 27.0. The standard InChI is InChI=1S/C25H31FN4O3/c1-33-22-9-4-18(5-10-22)13-27-20-12-23-25(32)29-15-21(30(23)16-20)8-11-24(31)28-14-17-2-6-19(26)7-3-17/h2-7,9-10,20-21,23,27H,8,11-16H2,1H3,(H,28,31)(H,29,32). The Labute approximate surface area is 193 Å². The van der Waals surface area contributed by atoms with E-state index in [1.165, 1.54) is 17.7 Å². The van der Waals surface area contributed by atoms with E-state index in [-0.39, 0.29) is 35.8 Å². The molecule has 176 valence electrons. The van der Waals surface area contributed by atoms with Gasteiger partial charge in [-0.05, 0) is 48.2 Å². The van der Waals surface area contributed by atoms with E-state index >= 15 is 0 Å². The molecule has 2 amide bonds. The lowest BCUT2D eigenvalue weighted by Gasteiger charge is -2.37. The zero-order chi connectivity index (χ0) is 23.2. The molecule has 3 atom stereocenters. The highest BCUT2D eigenvalue weighted by atomic mass is 19.1. The highest BCUT2D eigenvalue weighted by Gasteiger charge is 2.43. The van der Waals surface area contributed by atoms with Crippen LogP contribution in [0.15, 0.2) is 48.5 Å². The molecule has 8 heteroatoms. The summed E-state index contributed by atoms with van der Waals surface area (Å²) in [7, 11) is 1.65. The largest absolute Gasteiger partial charge is 0.497 e. The Morgan fingerprint density at radius 3 is 2.55 bits per heavy atom. The van der Waals surface area contributed by atoms with Crippen LogP contribution in [0, 0.1) is 5.82 Å². The van der Waals surface area contributed by atoms with Gasteiger partial charge in [-0.3, -0.25) is 14.5 Å². The van der Waals surface area contributed by atoms with Crippen molar-refractivity contribution >= 4 is 11.8 Å². The van der Waals surface area contributed by atoms with E-state index in [1.54, 1.807) is 19.2 Å². The third kappa shape index (κ3) is 6.09. The van der Waals surface area contributed by atoms with Gasteiger partial charge in [0, 0.05) is 44.7 Å². The van der Waals surface area contributed by atoms with Gasteiger partial charge in [-0.25, -0.2) is 4.39 Å². The van der Waals surface area contributed by atoms with E-state index < -0.39 is 0 Å². The van der Waals surface area contributed by atoms with Crippen LogP contribution in [0.3, 0.4) is 0 Å². The molecule has 2 heterocycles. The molecule has 7 nitrogen and oxygen atoms in total. The van der Waals surface area contributed by atoms with E-state index in [1.807, 2.05) is 24.3 Å². The summed E-state index contributed by atoms with van der Waals surface area (Å²) in [5, 5.41) is 9.47. The van der Waals surface area contributed by atoms with Gasteiger partial charge in [-0.15, -0.1) is 0 Å². The lowest BCUT2D eigenvalue weighted by Crippen LogP contribution is -2.58. The number of nitrogens with one attached hydrogen (secondary N) is 3. The summed E-state index contributed by atoms with van der Waals surface area (Å²) in [5.74, 6) is 0.571. The fourth-order valence-corrected chi connectivity index (χ4v) is 4.59. The number of methoxy groups -OCH3 is 1. The Hall–Kier alpha value is -2.97. The second kappa shape index (κ2) is 10.8. The molecule has 2 aromatic carbocycles. The SMILES string of the molecule is COc1ccc(CNC2CC3C(=O)NCC(CCC(=O)NCc4ccc(F)cc4)N3C2)cc1. The van der Waals surface area contributed by atoms with Crippen molar-refractivity contribution in [3.8, 4) is 5.75 Å². The van der Waals surface area contributed by atoms with Crippen LogP contribution in [-0.4, -0.2) is 55.0 Å². The summed E-state index contributed by atoms with van der Waals surface area (Å²) in [6.45, 7) is 2.46. The van der Waals surface area contributed by atoms with Crippen LogP contribution in [0.4, 0.5) is 4.39 Å². The number of fused-ring (bicyclic) bond motifs is 1. The summed E-state index contributed by atoms with van der Waals surface area (Å²) < 4.78 is 18.2. The number of carbonyl (C=O) groups is 2. The summed E-state index contributed by atoms with van der Waals surface area (Å²) in [6.07, 6.45) is 1.82. The number of carbonyl (C=O) groups excluding carboxylic acids is 2. The van der Waals surface area contributed by atoms with E-state index in [9.17, 15) is 14.0 Å². The van der Waals surface area contributed by atoms with Crippen LogP contribution in [-0.2, 0) is 22.7 Å². The van der Waals surface area contributed by atoms with Gasteiger partial charge in [0.25, 0.3) is 0 Å². The van der Waals surface area contributed by atoms with E-state index in [2.05, 4.69) is 20.9 Å². The molecule has 0 aromatic heterocycles. The first-order valence-corrected chi connectivity index (χ1v) is 11.4. The smallest absolute Gasteiger partial charge is 0.237 e. The van der Waals surface area contributed by atoms with Gasteiger partial charge in [0.1, 0.15) is 11.6 Å². The molecule has 0 aliphatic carbocycles. The predicted octanol–water partition coefficient (Wildman–Crippen LogP) is 1.96. The second-order valence-corrected chi connectivity index (χ2v) is 8.72. The van der Waals surface area contributed by atoms with Gasteiger partial charge in [0.05, 0.1) is 13.2 Å². The molecule has 0 spiro atoms. The summed E-state index contributed by atoms with van der Waals surface area (Å²) in [5.41, 5.74) is 2.03. The van der Waals surface area contributed by atoms with Crippen molar-refractivity contribution in [1.82, 2.24) is 20.9 Å². The van der Waals surface area contributed by atoms with E-state index in [0.717, 1.165) is 30.8 Å². The lowest BCUT2D eigenvalue weighted by atomic mass is 10.0.